The second-order valence-electron chi connectivity index (χ2n) is 13.0. The second-order valence-corrected chi connectivity index (χ2v) is 13.0. The molecule has 0 radical (unpaired) electrons. The molecule has 278 valence electrons. The normalized spacial score (nSPS) is 16.8. The van der Waals surface area contributed by atoms with Crippen molar-refractivity contribution >= 4 is 17.8 Å². The molecule has 0 spiro atoms. The lowest BCUT2D eigenvalue weighted by Crippen LogP contribution is -2.59. The lowest BCUT2D eigenvalue weighted by molar-refractivity contribution is -0.328. The van der Waals surface area contributed by atoms with Crippen LogP contribution in [0.2, 0.25) is 0 Å². The summed E-state index contributed by atoms with van der Waals surface area (Å²) in [5.41, 5.74) is 2.93. The number of aliphatic carboxylic acids is 1. The first-order valence-electron chi connectivity index (χ1n) is 17.9. The van der Waals surface area contributed by atoms with Crippen molar-refractivity contribution in [3.05, 3.63) is 42.0 Å². The second kappa shape index (κ2) is 22.6. The number of nitrogens with one attached hydrogen (secondary N) is 1. The maximum absolute atomic E-state index is 13.4. The van der Waals surface area contributed by atoms with Gasteiger partial charge in [-0.25, -0.2) is 8.78 Å². The summed E-state index contributed by atoms with van der Waals surface area (Å²) in [6.45, 7) is 5.98. The Labute approximate surface area is 290 Å². The van der Waals surface area contributed by atoms with E-state index in [1.165, 1.54) is 25.3 Å². The quantitative estimate of drug-likeness (QED) is 0.0844. The van der Waals surface area contributed by atoms with Gasteiger partial charge in [0.15, 0.2) is 5.79 Å². The average Bonchev–Trinajstić information content (AvgIpc) is 3.52. The Balaban J connectivity index is 1.99. The number of halogens is 2. The third-order valence-electron chi connectivity index (χ3n) is 8.89. The van der Waals surface area contributed by atoms with Crippen molar-refractivity contribution in [2.24, 2.45) is 11.7 Å². The highest BCUT2D eigenvalue weighted by atomic mass is 19.3. The Kier molecular flexibility index (Phi) is 19.4. The Hall–Kier alpha value is -3.09. The number of amides is 2. The summed E-state index contributed by atoms with van der Waals surface area (Å²) in [5.74, 6) is -6.12. The van der Waals surface area contributed by atoms with E-state index in [4.69, 9.17) is 19.9 Å². The Bertz CT molecular complexity index is 1140. The van der Waals surface area contributed by atoms with Crippen molar-refractivity contribution in [3.63, 3.8) is 0 Å². The molecule has 49 heavy (non-hydrogen) atoms. The zero-order chi connectivity index (χ0) is 36.1. The molecule has 2 amide bonds. The molecule has 0 bridgehead atoms. The number of aliphatic hydroxyl groups is 1. The zero-order valence-electron chi connectivity index (χ0n) is 29.3. The molecule has 12 heteroatoms. The van der Waals surface area contributed by atoms with E-state index in [-0.39, 0.29) is 6.42 Å². The molecule has 0 aromatic heterocycles. The summed E-state index contributed by atoms with van der Waals surface area (Å²) in [6.07, 6.45) is 10.8. The van der Waals surface area contributed by atoms with Gasteiger partial charge in [0, 0.05) is 25.7 Å². The molecule has 1 fully saturated rings. The first-order chi connectivity index (χ1) is 23.5. The number of carbonyl (C=O) groups excluding carboxylic acids is 3. The summed E-state index contributed by atoms with van der Waals surface area (Å²) in [7, 11) is 0. The van der Waals surface area contributed by atoms with Crippen LogP contribution >= 0.6 is 0 Å². The van der Waals surface area contributed by atoms with Gasteiger partial charge in [-0.1, -0.05) is 83.1 Å². The maximum atomic E-state index is 13.4. The minimum Gasteiger partial charge on any atom is -0.547 e. The molecular weight excluding hydrogens is 638 g/mol. The van der Waals surface area contributed by atoms with Gasteiger partial charge in [0.05, 0.1) is 31.7 Å². The number of nitrogens with two attached hydrogens (primary N) is 1. The van der Waals surface area contributed by atoms with Gasteiger partial charge in [0.1, 0.15) is 17.4 Å². The molecule has 2 rings (SSSR count). The standard InChI is InChI=1S/C37H58F2N2O8/c1-3-5-7-11-14-21-36(48-24-25-49-36)22-15-12-9-8-10-13-16-30(37(46,35(44)45)27-32(38)39)34(43)41-31(33(40)42)26-28-17-19-29(20-18-28)47-23-6-4-2/h13,16-20,30-32,46H,3-12,14-15,21-27H2,1-2H3,(H2,40,42)(H,41,43)(H,44,45)/p-1/b16-13+/t30-,31+,37+/m1/s1. The highest BCUT2D eigenvalue weighted by molar-refractivity contribution is 5.93. The van der Waals surface area contributed by atoms with Crippen LogP contribution in [0.3, 0.4) is 0 Å². The van der Waals surface area contributed by atoms with Crippen LogP contribution in [0, 0.1) is 5.92 Å². The Morgan fingerprint density at radius 1 is 0.980 bits per heavy atom. The monoisotopic (exact) mass is 695 g/mol. The predicted molar refractivity (Wildman–Crippen MR) is 181 cm³/mol. The molecule has 1 aromatic carbocycles. The number of carboxylic acid groups (broad SMARTS) is 1. The summed E-state index contributed by atoms with van der Waals surface area (Å²) in [5, 5.41) is 25.2. The Morgan fingerprint density at radius 2 is 1.57 bits per heavy atom. The lowest BCUT2D eigenvalue weighted by Gasteiger charge is -2.35. The fraction of sp³-hybridized carbons (Fsp3) is 0.703. The number of primary amides is 1. The molecule has 10 nitrogen and oxygen atoms in total. The highest BCUT2D eigenvalue weighted by Crippen LogP contribution is 2.32. The van der Waals surface area contributed by atoms with Gasteiger partial charge >= 0.3 is 0 Å². The van der Waals surface area contributed by atoms with Gasteiger partial charge in [-0.05, 0) is 49.8 Å². The van der Waals surface area contributed by atoms with E-state index in [0.717, 1.165) is 63.9 Å². The van der Waals surface area contributed by atoms with E-state index in [2.05, 4.69) is 12.2 Å². The minimum absolute atomic E-state index is 0.0540. The van der Waals surface area contributed by atoms with Crippen molar-refractivity contribution in [2.45, 2.75) is 140 Å². The van der Waals surface area contributed by atoms with Crippen LogP contribution in [0.1, 0.15) is 116 Å². The fourth-order valence-corrected chi connectivity index (χ4v) is 5.96. The topological polar surface area (TPSA) is 160 Å². The number of rotatable bonds is 27. The van der Waals surface area contributed by atoms with E-state index in [0.29, 0.717) is 44.0 Å². The number of ether oxygens (including phenoxy) is 3. The first kappa shape index (κ1) is 42.1. The number of alkyl halides is 2. The van der Waals surface area contributed by atoms with Crippen molar-refractivity contribution in [3.8, 4) is 5.75 Å². The van der Waals surface area contributed by atoms with Gasteiger partial charge < -0.3 is 40.3 Å². The van der Waals surface area contributed by atoms with Crippen LogP contribution < -0.4 is 20.9 Å². The number of carboxylic acids is 1. The van der Waals surface area contributed by atoms with Gasteiger partial charge in [0.2, 0.25) is 18.2 Å². The summed E-state index contributed by atoms with van der Waals surface area (Å²) < 4.78 is 44.5. The molecule has 4 N–H and O–H groups in total. The van der Waals surface area contributed by atoms with Gasteiger partial charge in [-0.3, -0.25) is 9.59 Å². The van der Waals surface area contributed by atoms with E-state index < -0.39 is 54.0 Å². The molecular formula is C37H57F2N2O8-. The predicted octanol–water partition coefficient (Wildman–Crippen LogP) is 5.13. The summed E-state index contributed by atoms with van der Waals surface area (Å²) in [4.78, 5) is 37.6. The van der Waals surface area contributed by atoms with Crippen LogP contribution in [0.15, 0.2) is 36.4 Å². The largest absolute Gasteiger partial charge is 0.547 e. The lowest BCUT2D eigenvalue weighted by atomic mass is 9.82. The van der Waals surface area contributed by atoms with Gasteiger partial charge in [-0.2, -0.15) is 0 Å². The third-order valence-corrected chi connectivity index (χ3v) is 8.89. The van der Waals surface area contributed by atoms with Crippen LogP contribution in [-0.2, 0) is 30.3 Å². The zero-order valence-corrected chi connectivity index (χ0v) is 29.3. The molecule has 1 aromatic rings. The van der Waals surface area contributed by atoms with Crippen LogP contribution in [0.25, 0.3) is 0 Å². The number of benzene rings is 1. The van der Waals surface area contributed by atoms with Crippen molar-refractivity contribution in [2.75, 3.05) is 19.8 Å². The van der Waals surface area contributed by atoms with Crippen molar-refractivity contribution in [1.29, 1.82) is 0 Å². The van der Waals surface area contributed by atoms with E-state index >= 15 is 0 Å². The molecule has 1 heterocycles. The highest BCUT2D eigenvalue weighted by Gasteiger charge is 2.44. The number of hydrogen-bond donors (Lipinski definition) is 3. The van der Waals surface area contributed by atoms with Crippen LogP contribution in [0.4, 0.5) is 8.78 Å². The van der Waals surface area contributed by atoms with E-state index in [9.17, 15) is 33.4 Å². The van der Waals surface area contributed by atoms with Gasteiger partial charge in [0.25, 0.3) is 0 Å². The fourth-order valence-electron chi connectivity index (χ4n) is 5.96. The third kappa shape index (κ3) is 15.1. The summed E-state index contributed by atoms with van der Waals surface area (Å²) >= 11 is 0. The smallest absolute Gasteiger partial charge is 0.241 e. The van der Waals surface area contributed by atoms with Crippen molar-refractivity contribution in [1.82, 2.24) is 5.32 Å². The first-order valence-corrected chi connectivity index (χ1v) is 17.9. The molecule has 1 aliphatic rings. The van der Waals surface area contributed by atoms with Crippen molar-refractivity contribution < 1.29 is 47.6 Å². The average molecular weight is 696 g/mol. The number of unbranched alkanes of at least 4 members (excludes halogenated alkanes) is 9. The molecule has 0 aliphatic carbocycles. The van der Waals surface area contributed by atoms with E-state index in [1.54, 1.807) is 24.3 Å². The number of allylic oxidation sites excluding steroid dienone is 1. The molecule has 1 saturated heterocycles. The van der Waals surface area contributed by atoms with Crippen LogP contribution in [-0.4, -0.2) is 66.6 Å². The summed E-state index contributed by atoms with van der Waals surface area (Å²) in [6, 6.07) is 5.49. The minimum atomic E-state index is -3.25. The van der Waals surface area contributed by atoms with Crippen LogP contribution in [0.5, 0.6) is 5.75 Å². The SMILES string of the molecule is CCCCCCCC1(CCCCCC/C=C/[C@H](C(=O)N[C@@H](Cc2ccc(OCCCC)cc2)C(N)=O)[C@@](O)(CC(F)F)C(=O)[O-])OCCO1. The molecule has 1 aliphatic heterocycles. The van der Waals surface area contributed by atoms with E-state index in [1.807, 2.05) is 6.92 Å². The molecule has 0 saturated carbocycles. The van der Waals surface area contributed by atoms with Gasteiger partial charge in [-0.15, -0.1) is 0 Å². The Morgan fingerprint density at radius 3 is 2.12 bits per heavy atom. The number of hydrogen-bond acceptors (Lipinski definition) is 8. The maximum Gasteiger partial charge on any atom is 0.241 e. The molecule has 3 atom stereocenters. The molecule has 0 unspecified atom stereocenters. The number of carbonyl (C=O) groups is 3.